The van der Waals surface area contributed by atoms with Crippen LogP contribution >= 0.6 is 0 Å². The fourth-order valence-electron chi connectivity index (χ4n) is 3.05. The summed E-state index contributed by atoms with van der Waals surface area (Å²) in [7, 11) is 5.75. The topological polar surface area (TPSA) is 164 Å². The molecule has 12 heteroatoms. The largest absolute Gasteiger partial charge is 0.493 e. The van der Waals surface area contributed by atoms with Crippen molar-refractivity contribution in [2.75, 3.05) is 28.4 Å². The molecule has 0 aliphatic heterocycles. The van der Waals surface area contributed by atoms with E-state index in [0.29, 0.717) is 34.1 Å². The predicted molar refractivity (Wildman–Crippen MR) is 132 cm³/mol. The summed E-state index contributed by atoms with van der Waals surface area (Å²) in [5.74, 6) is -4.38. The summed E-state index contributed by atoms with van der Waals surface area (Å²) in [6.45, 7) is 0. The molecule has 0 spiro atoms. The Labute approximate surface area is 217 Å². The first-order valence-electron chi connectivity index (χ1n) is 10.8. The summed E-state index contributed by atoms with van der Waals surface area (Å²) in [4.78, 5) is 47.8. The van der Waals surface area contributed by atoms with Crippen LogP contribution in [-0.2, 0) is 28.7 Å². The molecule has 0 fully saturated rings. The Hall–Kier alpha value is -5.00. The minimum atomic E-state index is -2.33. The minimum Gasteiger partial charge on any atom is -0.493 e. The quantitative estimate of drug-likeness (QED) is 0.287. The number of carboxylic acid groups (broad SMARTS) is 2. The van der Waals surface area contributed by atoms with Crippen molar-refractivity contribution in [2.45, 2.75) is 12.2 Å². The van der Waals surface area contributed by atoms with Gasteiger partial charge in [0.2, 0.25) is 12.2 Å². The third-order valence-corrected chi connectivity index (χ3v) is 4.89. The summed E-state index contributed by atoms with van der Waals surface area (Å²) in [6, 6.07) is 9.44. The van der Waals surface area contributed by atoms with Crippen molar-refractivity contribution in [2.24, 2.45) is 0 Å². The molecule has 0 saturated heterocycles. The Morgan fingerprint density at radius 3 is 1.24 bits per heavy atom. The van der Waals surface area contributed by atoms with Crippen molar-refractivity contribution in [1.29, 1.82) is 0 Å². The van der Waals surface area contributed by atoms with Gasteiger partial charge in [0.1, 0.15) is 0 Å². The fraction of sp³-hybridized carbons (Fsp3) is 0.231. The molecule has 202 valence electrons. The van der Waals surface area contributed by atoms with E-state index in [0.717, 1.165) is 12.2 Å². The molecule has 12 nitrogen and oxygen atoms in total. The number of aliphatic carboxylic acids is 2. The van der Waals surface area contributed by atoms with Crippen molar-refractivity contribution >= 4 is 36.0 Å². The molecule has 38 heavy (non-hydrogen) atoms. The Kier molecular flexibility index (Phi) is 10.7. The predicted octanol–water partition coefficient (Wildman–Crippen LogP) is 2.44. The van der Waals surface area contributed by atoms with Crippen molar-refractivity contribution < 1.29 is 57.8 Å². The first kappa shape index (κ1) is 29.2. The van der Waals surface area contributed by atoms with Gasteiger partial charge in [0.15, 0.2) is 23.0 Å². The third-order valence-electron chi connectivity index (χ3n) is 4.89. The monoisotopic (exact) mass is 530 g/mol. The lowest BCUT2D eigenvalue weighted by Crippen LogP contribution is -2.45. The van der Waals surface area contributed by atoms with Crippen molar-refractivity contribution in [3.8, 4) is 23.0 Å². The van der Waals surface area contributed by atoms with Crippen LogP contribution in [-0.4, -0.2) is 74.7 Å². The maximum Gasteiger partial charge on any atom is 0.349 e. The van der Waals surface area contributed by atoms with Crippen LogP contribution in [0.1, 0.15) is 11.1 Å². The van der Waals surface area contributed by atoms with E-state index in [9.17, 15) is 29.4 Å². The van der Waals surface area contributed by atoms with E-state index in [1.54, 1.807) is 36.4 Å². The first-order chi connectivity index (χ1) is 18.1. The molecule has 2 unspecified atom stereocenters. The molecule has 2 atom stereocenters. The molecule has 0 amide bonds. The van der Waals surface area contributed by atoms with Crippen molar-refractivity contribution in [3.05, 3.63) is 59.7 Å². The maximum atomic E-state index is 12.2. The second-order valence-corrected chi connectivity index (χ2v) is 7.29. The fourth-order valence-corrected chi connectivity index (χ4v) is 3.05. The van der Waals surface area contributed by atoms with Gasteiger partial charge in [-0.2, -0.15) is 0 Å². The highest BCUT2D eigenvalue weighted by atomic mass is 16.6. The smallest absolute Gasteiger partial charge is 0.349 e. The van der Waals surface area contributed by atoms with E-state index in [1.807, 2.05) is 0 Å². The normalized spacial score (nSPS) is 12.4. The zero-order valence-corrected chi connectivity index (χ0v) is 20.9. The number of hydrogen-bond donors (Lipinski definition) is 2. The van der Waals surface area contributed by atoms with Gasteiger partial charge >= 0.3 is 23.9 Å². The summed E-state index contributed by atoms with van der Waals surface area (Å²) in [6.07, 6.45) is -0.306. The highest BCUT2D eigenvalue weighted by Gasteiger charge is 2.40. The lowest BCUT2D eigenvalue weighted by Gasteiger charge is -2.19. The molecule has 2 aromatic rings. The molecule has 0 aromatic heterocycles. The van der Waals surface area contributed by atoms with E-state index in [-0.39, 0.29) is 0 Å². The zero-order chi connectivity index (χ0) is 28.2. The zero-order valence-electron chi connectivity index (χ0n) is 20.9. The van der Waals surface area contributed by atoms with Gasteiger partial charge in [0.25, 0.3) is 0 Å². The van der Waals surface area contributed by atoms with E-state index in [1.165, 1.54) is 40.6 Å². The highest BCUT2D eigenvalue weighted by molar-refractivity contribution is 5.93. The average molecular weight is 530 g/mol. The minimum absolute atomic E-state index is 0.380. The number of hydrogen-bond acceptors (Lipinski definition) is 10. The summed E-state index contributed by atoms with van der Waals surface area (Å²) < 4.78 is 30.1. The number of carbonyl (C=O) groups excluding carboxylic acids is 2. The first-order valence-corrected chi connectivity index (χ1v) is 10.8. The number of methoxy groups -OCH3 is 4. The molecule has 0 saturated carbocycles. The van der Waals surface area contributed by atoms with E-state index in [4.69, 9.17) is 28.4 Å². The number of esters is 2. The van der Waals surface area contributed by atoms with Crippen LogP contribution < -0.4 is 18.9 Å². The van der Waals surface area contributed by atoms with Crippen LogP contribution in [0.4, 0.5) is 0 Å². The van der Waals surface area contributed by atoms with Gasteiger partial charge in [-0.05, 0) is 47.5 Å². The molecule has 2 N–H and O–H groups in total. The average Bonchev–Trinajstić information content (AvgIpc) is 2.91. The van der Waals surface area contributed by atoms with Gasteiger partial charge in [-0.1, -0.05) is 12.1 Å². The molecule has 0 aliphatic rings. The number of ether oxygens (including phenoxy) is 6. The van der Waals surface area contributed by atoms with Crippen LogP contribution in [0.5, 0.6) is 23.0 Å². The summed E-state index contributed by atoms with van der Waals surface area (Å²) in [5.41, 5.74) is 0.959. The number of carboxylic acids is 2. The van der Waals surface area contributed by atoms with Crippen LogP contribution in [0.25, 0.3) is 12.2 Å². The molecule has 0 heterocycles. The molecule has 0 aliphatic carbocycles. The summed E-state index contributed by atoms with van der Waals surface area (Å²) in [5, 5.41) is 18.9. The third kappa shape index (κ3) is 8.01. The molecule has 2 aromatic carbocycles. The molecular formula is C26H26O12. The van der Waals surface area contributed by atoms with Crippen LogP contribution in [0.15, 0.2) is 48.6 Å². The van der Waals surface area contributed by atoms with Crippen molar-refractivity contribution in [3.63, 3.8) is 0 Å². The second-order valence-electron chi connectivity index (χ2n) is 7.29. The van der Waals surface area contributed by atoms with Gasteiger partial charge in [-0.3, -0.25) is 0 Å². The standard InChI is InChI=1S/C26H26O12/c1-33-17-9-5-15(13-19(17)35-3)7-11-21(27)37-23(25(29)30)24(26(31)32)38-22(28)12-8-16-6-10-18(34-2)20(14-16)36-4/h5-14,23-24H,1-4H3,(H,29,30)(H,31,32)/b11-7+,12-8+. The van der Waals surface area contributed by atoms with Crippen LogP contribution in [0.2, 0.25) is 0 Å². The van der Waals surface area contributed by atoms with E-state index < -0.39 is 36.1 Å². The molecule has 0 radical (unpaired) electrons. The van der Waals surface area contributed by atoms with Gasteiger partial charge in [-0.25, -0.2) is 19.2 Å². The van der Waals surface area contributed by atoms with Crippen molar-refractivity contribution in [1.82, 2.24) is 0 Å². The Morgan fingerprint density at radius 1 is 0.605 bits per heavy atom. The Bertz CT molecular complexity index is 1140. The van der Waals surface area contributed by atoms with Crippen LogP contribution in [0.3, 0.4) is 0 Å². The van der Waals surface area contributed by atoms with Gasteiger partial charge in [-0.15, -0.1) is 0 Å². The lowest BCUT2D eigenvalue weighted by atomic mass is 10.1. The molecule has 0 bridgehead atoms. The van der Waals surface area contributed by atoms with Gasteiger partial charge in [0, 0.05) is 12.2 Å². The molecular weight excluding hydrogens is 504 g/mol. The number of benzene rings is 2. The number of rotatable bonds is 13. The highest BCUT2D eigenvalue weighted by Crippen LogP contribution is 2.29. The van der Waals surface area contributed by atoms with Gasteiger partial charge < -0.3 is 38.6 Å². The Balaban J connectivity index is 2.13. The molecule has 2 rings (SSSR count). The second kappa shape index (κ2) is 13.9. The van der Waals surface area contributed by atoms with E-state index >= 15 is 0 Å². The Morgan fingerprint density at radius 2 is 0.947 bits per heavy atom. The van der Waals surface area contributed by atoms with E-state index in [2.05, 4.69) is 0 Å². The maximum absolute atomic E-state index is 12.2. The van der Waals surface area contributed by atoms with Gasteiger partial charge in [0.05, 0.1) is 28.4 Å². The summed E-state index contributed by atoms with van der Waals surface area (Å²) >= 11 is 0. The SMILES string of the molecule is COc1ccc(/C=C/C(=O)OC(C(=O)O)C(OC(=O)/C=C/c2ccc(OC)c(OC)c2)C(=O)O)cc1OC. The number of carbonyl (C=O) groups is 4. The lowest BCUT2D eigenvalue weighted by molar-refractivity contribution is -0.183. The van der Waals surface area contributed by atoms with Crippen LogP contribution in [0, 0.1) is 0 Å².